The fourth-order valence-corrected chi connectivity index (χ4v) is 4.13. The van der Waals surface area contributed by atoms with Gasteiger partial charge in [-0.1, -0.05) is 18.2 Å². The molecule has 0 aliphatic carbocycles. The number of aromatic amines is 1. The summed E-state index contributed by atoms with van der Waals surface area (Å²) in [6, 6.07) is 10.2. The van der Waals surface area contributed by atoms with E-state index < -0.39 is 6.09 Å². The molecule has 8 nitrogen and oxygen atoms in total. The Morgan fingerprint density at radius 1 is 1.31 bits per heavy atom. The van der Waals surface area contributed by atoms with Crippen molar-refractivity contribution in [3.63, 3.8) is 0 Å². The second kappa shape index (κ2) is 6.80. The summed E-state index contributed by atoms with van der Waals surface area (Å²) >= 11 is 0. The van der Waals surface area contributed by atoms with Gasteiger partial charge in [0, 0.05) is 47.4 Å². The first-order valence-electron chi connectivity index (χ1n) is 9.76. The molecule has 1 saturated heterocycles. The van der Waals surface area contributed by atoms with Crippen molar-refractivity contribution in [1.82, 2.24) is 24.5 Å². The first kappa shape index (κ1) is 17.5. The number of H-pyrrole nitrogens is 1. The summed E-state index contributed by atoms with van der Waals surface area (Å²) in [5.41, 5.74) is 4.81. The quantitative estimate of drug-likeness (QED) is 0.495. The van der Waals surface area contributed by atoms with Gasteiger partial charge in [-0.05, 0) is 31.9 Å². The van der Waals surface area contributed by atoms with Gasteiger partial charge in [-0.25, -0.2) is 14.3 Å². The number of benzene rings is 1. The lowest BCUT2D eigenvalue weighted by Crippen LogP contribution is -2.44. The number of likely N-dealkylation sites (tertiary alicyclic amines) is 1. The first-order chi connectivity index (χ1) is 14.1. The Bertz CT molecular complexity index is 1210. The number of aryl methyl sites for hydroxylation is 1. The van der Waals surface area contributed by atoms with Crippen LogP contribution in [0.5, 0.6) is 0 Å². The summed E-state index contributed by atoms with van der Waals surface area (Å²) in [6.07, 6.45) is 4.79. The van der Waals surface area contributed by atoms with Crippen LogP contribution in [-0.2, 0) is 0 Å². The molecular weight excluding hydrogens is 368 g/mol. The van der Waals surface area contributed by atoms with Crippen molar-refractivity contribution in [3.05, 3.63) is 48.4 Å². The standard InChI is InChI=1S/C21H22N6O2/c1-13-11-27-20(23-13)16(17-10-22-18-7-3-2-6-15(17)18)9-19(25-27)24-14-5-4-8-26(12-14)21(28)29/h2-3,6-7,9-11,14,22H,4-5,8,12H2,1H3,(H,24,25)(H,28,29)/t14-/m1/s1. The van der Waals surface area contributed by atoms with Crippen molar-refractivity contribution in [2.75, 3.05) is 18.4 Å². The number of nitrogens with zero attached hydrogens (tertiary/aromatic N) is 4. The number of anilines is 1. The molecule has 0 spiro atoms. The fraction of sp³-hybridized carbons (Fsp3) is 0.286. The van der Waals surface area contributed by atoms with Crippen LogP contribution < -0.4 is 5.32 Å². The SMILES string of the molecule is Cc1cn2nc(N[C@@H]3CCCN(C(=O)O)C3)cc(-c3c[nH]c4ccccc34)c2n1. The summed E-state index contributed by atoms with van der Waals surface area (Å²) < 4.78 is 1.80. The molecule has 4 heterocycles. The summed E-state index contributed by atoms with van der Waals surface area (Å²) in [4.78, 5) is 20.8. The van der Waals surface area contributed by atoms with E-state index in [0.717, 1.165) is 46.2 Å². The average molecular weight is 390 g/mol. The third kappa shape index (κ3) is 3.16. The number of piperidine rings is 1. The van der Waals surface area contributed by atoms with Gasteiger partial charge in [-0.3, -0.25) is 0 Å². The van der Waals surface area contributed by atoms with E-state index in [1.165, 1.54) is 4.90 Å². The minimum atomic E-state index is -0.871. The van der Waals surface area contributed by atoms with Gasteiger partial charge < -0.3 is 20.3 Å². The van der Waals surface area contributed by atoms with Crippen molar-refractivity contribution in [1.29, 1.82) is 0 Å². The van der Waals surface area contributed by atoms with E-state index in [0.29, 0.717) is 18.9 Å². The summed E-state index contributed by atoms with van der Waals surface area (Å²) in [7, 11) is 0. The van der Waals surface area contributed by atoms with E-state index in [1.54, 1.807) is 4.52 Å². The number of hydrogen-bond acceptors (Lipinski definition) is 4. The minimum Gasteiger partial charge on any atom is -0.465 e. The maximum Gasteiger partial charge on any atom is 0.407 e. The van der Waals surface area contributed by atoms with E-state index in [4.69, 9.17) is 0 Å². The number of aromatic nitrogens is 4. The Kier molecular flexibility index (Phi) is 4.12. The molecular formula is C21H22N6O2. The van der Waals surface area contributed by atoms with Crippen LogP contribution in [0.3, 0.4) is 0 Å². The van der Waals surface area contributed by atoms with Gasteiger partial charge in [0.1, 0.15) is 5.82 Å². The number of fused-ring (bicyclic) bond motifs is 2. The molecule has 1 aliphatic heterocycles. The molecule has 5 rings (SSSR count). The predicted octanol–water partition coefficient (Wildman–Crippen LogP) is 3.74. The highest BCUT2D eigenvalue weighted by Gasteiger charge is 2.24. The molecule has 1 aromatic carbocycles. The number of carbonyl (C=O) groups is 1. The molecule has 148 valence electrons. The van der Waals surface area contributed by atoms with Crippen molar-refractivity contribution in [2.24, 2.45) is 0 Å². The smallest absolute Gasteiger partial charge is 0.407 e. The molecule has 3 N–H and O–H groups in total. The number of amides is 1. The molecule has 0 unspecified atom stereocenters. The number of nitrogens with one attached hydrogen (secondary N) is 2. The molecule has 0 radical (unpaired) electrons. The second-order valence-corrected chi connectivity index (χ2v) is 7.55. The Labute approximate surface area is 167 Å². The molecule has 1 aliphatic rings. The Balaban J connectivity index is 1.57. The van der Waals surface area contributed by atoms with Crippen LogP contribution in [0.2, 0.25) is 0 Å². The van der Waals surface area contributed by atoms with Crippen molar-refractivity contribution >= 4 is 28.5 Å². The summed E-state index contributed by atoms with van der Waals surface area (Å²) in [6.45, 7) is 2.99. The maximum absolute atomic E-state index is 11.3. The summed E-state index contributed by atoms with van der Waals surface area (Å²) in [5.74, 6) is 0.715. The zero-order valence-electron chi connectivity index (χ0n) is 16.1. The van der Waals surface area contributed by atoms with Gasteiger partial charge in [0.15, 0.2) is 5.65 Å². The molecule has 1 amide bonds. The summed E-state index contributed by atoms with van der Waals surface area (Å²) in [5, 5.41) is 18.5. The van der Waals surface area contributed by atoms with Crippen LogP contribution in [-0.4, -0.2) is 54.8 Å². The minimum absolute atomic E-state index is 0.0326. The lowest BCUT2D eigenvalue weighted by Gasteiger charge is -2.31. The van der Waals surface area contributed by atoms with E-state index in [2.05, 4.69) is 32.5 Å². The van der Waals surface area contributed by atoms with Gasteiger partial charge in [-0.2, -0.15) is 0 Å². The third-order valence-corrected chi connectivity index (χ3v) is 5.47. The van der Waals surface area contributed by atoms with Gasteiger partial charge in [-0.15, -0.1) is 5.10 Å². The molecule has 29 heavy (non-hydrogen) atoms. The maximum atomic E-state index is 11.3. The Hall–Kier alpha value is -3.55. The molecule has 0 saturated carbocycles. The molecule has 3 aromatic heterocycles. The number of para-hydroxylation sites is 1. The van der Waals surface area contributed by atoms with Crippen LogP contribution in [0, 0.1) is 6.92 Å². The first-order valence-corrected chi connectivity index (χ1v) is 9.76. The Morgan fingerprint density at radius 3 is 3.03 bits per heavy atom. The predicted molar refractivity (Wildman–Crippen MR) is 111 cm³/mol. The van der Waals surface area contributed by atoms with Gasteiger partial charge in [0.25, 0.3) is 0 Å². The van der Waals surface area contributed by atoms with Crippen molar-refractivity contribution in [2.45, 2.75) is 25.8 Å². The highest BCUT2D eigenvalue weighted by Crippen LogP contribution is 2.32. The van der Waals surface area contributed by atoms with Crippen LogP contribution >= 0.6 is 0 Å². The van der Waals surface area contributed by atoms with E-state index in [-0.39, 0.29) is 6.04 Å². The van der Waals surface area contributed by atoms with E-state index in [9.17, 15) is 9.90 Å². The topological polar surface area (TPSA) is 98.5 Å². The number of hydrogen-bond donors (Lipinski definition) is 3. The normalized spacial score (nSPS) is 17.1. The van der Waals surface area contributed by atoms with Gasteiger partial charge >= 0.3 is 6.09 Å². The van der Waals surface area contributed by atoms with E-state index in [1.807, 2.05) is 37.5 Å². The van der Waals surface area contributed by atoms with Gasteiger partial charge in [0.05, 0.1) is 11.9 Å². The zero-order valence-corrected chi connectivity index (χ0v) is 16.1. The lowest BCUT2D eigenvalue weighted by atomic mass is 10.0. The van der Waals surface area contributed by atoms with Crippen LogP contribution in [0.1, 0.15) is 18.5 Å². The highest BCUT2D eigenvalue weighted by molar-refractivity contribution is 5.99. The number of carboxylic acid groups (broad SMARTS) is 1. The fourth-order valence-electron chi connectivity index (χ4n) is 4.13. The highest BCUT2D eigenvalue weighted by atomic mass is 16.4. The zero-order chi connectivity index (χ0) is 20.0. The van der Waals surface area contributed by atoms with Crippen LogP contribution in [0.25, 0.3) is 27.7 Å². The third-order valence-electron chi connectivity index (χ3n) is 5.47. The monoisotopic (exact) mass is 390 g/mol. The number of imidazole rings is 1. The van der Waals surface area contributed by atoms with Crippen LogP contribution in [0.15, 0.2) is 42.7 Å². The molecule has 1 atom stereocenters. The molecule has 0 bridgehead atoms. The van der Waals surface area contributed by atoms with E-state index >= 15 is 0 Å². The Morgan fingerprint density at radius 2 is 2.17 bits per heavy atom. The van der Waals surface area contributed by atoms with Crippen LogP contribution in [0.4, 0.5) is 10.6 Å². The lowest BCUT2D eigenvalue weighted by molar-refractivity contribution is 0.132. The van der Waals surface area contributed by atoms with Crippen molar-refractivity contribution in [3.8, 4) is 11.1 Å². The molecule has 8 heteroatoms. The number of rotatable bonds is 3. The second-order valence-electron chi connectivity index (χ2n) is 7.55. The molecule has 1 fully saturated rings. The largest absolute Gasteiger partial charge is 0.465 e. The van der Waals surface area contributed by atoms with Gasteiger partial charge in [0.2, 0.25) is 0 Å². The molecule has 4 aromatic rings. The average Bonchev–Trinajstić information content (AvgIpc) is 3.30. The van der Waals surface area contributed by atoms with Crippen molar-refractivity contribution < 1.29 is 9.90 Å².